The van der Waals surface area contributed by atoms with E-state index < -0.39 is 68.1 Å². The van der Waals surface area contributed by atoms with Crippen LogP contribution in [0.15, 0.2) is 38.4 Å². The minimum atomic E-state index is -4.64. The zero-order valence-corrected chi connectivity index (χ0v) is 20.7. The summed E-state index contributed by atoms with van der Waals surface area (Å²) in [5, 5.41) is 16.8. The summed E-state index contributed by atoms with van der Waals surface area (Å²) >= 11 is 12.4. The van der Waals surface area contributed by atoms with Crippen molar-refractivity contribution in [1.82, 2.24) is 14.9 Å². The number of nitrogens with zero attached hydrogens (tertiary/aromatic N) is 1. The van der Waals surface area contributed by atoms with Gasteiger partial charge in [0.25, 0.3) is 0 Å². The highest BCUT2D eigenvalue weighted by Gasteiger charge is 2.39. The summed E-state index contributed by atoms with van der Waals surface area (Å²) in [6, 6.07) is 3.21. The molecule has 3 N–H and O–H groups in total. The lowest BCUT2D eigenvalue weighted by atomic mass is 9.90. The number of halogens is 3. The van der Waals surface area contributed by atoms with Crippen LogP contribution >= 0.6 is 23.2 Å². The van der Waals surface area contributed by atoms with Gasteiger partial charge in [-0.25, -0.2) is 22.7 Å². The first-order valence-corrected chi connectivity index (χ1v) is 12.5. The lowest BCUT2D eigenvalue weighted by molar-refractivity contribution is 0.0135. The van der Waals surface area contributed by atoms with Crippen molar-refractivity contribution in [2.45, 2.75) is 49.6 Å². The molecule has 1 unspecified atom stereocenters. The number of hydrogen-bond donors (Lipinski definition) is 3. The Kier molecular flexibility index (Phi) is 5.74. The molecule has 4 rings (SSSR count). The maximum atomic E-state index is 14.9. The Morgan fingerprint density at radius 3 is 2.69 bits per heavy atom. The standard InChI is InChI=1S/C22H22Cl2FN3O6S/c1-10-12(23)4-6-14(25)16(10)11(2)18(20-26-27-21(29)34-20)28-35(31,32)15-7-5-13(24)17-19(15)33-9-8-22(17,3)30/h4-7,11,18,28,30H,8-9H2,1-3H3,(H,27,29)/t11-,18+,22?/m1/s1/i3D3. The molecule has 9 nitrogen and oxygen atoms in total. The van der Waals surface area contributed by atoms with E-state index in [2.05, 4.69) is 9.82 Å². The van der Waals surface area contributed by atoms with E-state index in [1.165, 1.54) is 13.0 Å². The molecule has 1 aromatic heterocycles. The van der Waals surface area contributed by atoms with Gasteiger partial charge in [-0.15, -0.1) is 5.10 Å². The van der Waals surface area contributed by atoms with Gasteiger partial charge in [0.2, 0.25) is 15.9 Å². The maximum Gasteiger partial charge on any atom is 0.434 e. The highest BCUT2D eigenvalue weighted by atomic mass is 35.5. The molecular weight excluding hydrogens is 524 g/mol. The van der Waals surface area contributed by atoms with E-state index in [1.807, 2.05) is 5.10 Å². The molecule has 0 amide bonds. The van der Waals surface area contributed by atoms with Gasteiger partial charge in [0.05, 0.1) is 17.2 Å². The first-order valence-electron chi connectivity index (χ1n) is 11.8. The molecule has 1 aliphatic heterocycles. The average molecular weight is 549 g/mol. The third-order valence-electron chi connectivity index (χ3n) is 5.84. The number of fused-ring (bicyclic) bond motifs is 1. The number of aliphatic hydroxyl groups is 1. The first kappa shape index (κ1) is 21.8. The van der Waals surface area contributed by atoms with E-state index in [-0.39, 0.29) is 28.6 Å². The second-order valence-electron chi connectivity index (χ2n) is 8.12. The van der Waals surface area contributed by atoms with Crippen molar-refractivity contribution in [2.24, 2.45) is 0 Å². The molecule has 2 aromatic carbocycles. The SMILES string of the molecule is [2H]C([2H])([2H])C1(O)CCOc2c(S(=O)(=O)N[C@H](c3n[nH]c(=O)o3)[C@H](C)c3c(F)ccc(Cl)c3C)ccc(Cl)c21. The van der Waals surface area contributed by atoms with Crippen molar-refractivity contribution in [3.05, 3.63) is 73.3 Å². The van der Waals surface area contributed by atoms with Crippen LogP contribution in [0.25, 0.3) is 0 Å². The molecule has 3 atom stereocenters. The van der Waals surface area contributed by atoms with Crippen molar-refractivity contribution < 1.29 is 31.2 Å². The van der Waals surface area contributed by atoms with E-state index in [0.717, 1.165) is 18.2 Å². The highest BCUT2D eigenvalue weighted by Crippen LogP contribution is 2.45. The number of rotatable bonds is 6. The molecule has 0 aliphatic carbocycles. The van der Waals surface area contributed by atoms with Crippen LogP contribution in [0.2, 0.25) is 10.0 Å². The van der Waals surface area contributed by atoms with Gasteiger partial charge in [-0.2, -0.15) is 4.72 Å². The Balaban J connectivity index is 1.86. The van der Waals surface area contributed by atoms with E-state index in [4.69, 9.17) is 36.5 Å². The topological polar surface area (TPSA) is 135 Å². The van der Waals surface area contributed by atoms with Gasteiger partial charge in [-0.05, 0) is 49.2 Å². The molecule has 1 aliphatic rings. The monoisotopic (exact) mass is 548 g/mol. The lowest BCUT2D eigenvalue weighted by Crippen LogP contribution is -2.35. The normalized spacial score (nSPS) is 21.3. The third-order valence-corrected chi connectivity index (χ3v) is 8.03. The van der Waals surface area contributed by atoms with Crippen molar-refractivity contribution in [2.75, 3.05) is 6.61 Å². The van der Waals surface area contributed by atoms with Gasteiger partial charge in [0, 0.05) is 27.0 Å². The van der Waals surface area contributed by atoms with Gasteiger partial charge in [0.15, 0.2) is 0 Å². The fourth-order valence-electron chi connectivity index (χ4n) is 4.07. The van der Waals surface area contributed by atoms with E-state index in [0.29, 0.717) is 5.56 Å². The van der Waals surface area contributed by atoms with Crippen LogP contribution in [0.5, 0.6) is 5.75 Å². The molecule has 0 bridgehead atoms. The molecule has 0 spiro atoms. The molecule has 0 fully saturated rings. The van der Waals surface area contributed by atoms with Gasteiger partial charge < -0.3 is 14.3 Å². The number of aromatic nitrogens is 2. The summed E-state index contributed by atoms with van der Waals surface area (Å²) in [4.78, 5) is 11.2. The quantitative estimate of drug-likeness (QED) is 0.424. The fraction of sp³-hybridized carbons (Fsp3) is 0.364. The zero-order valence-electron chi connectivity index (χ0n) is 21.4. The van der Waals surface area contributed by atoms with Crippen LogP contribution in [-0.4, -0.2) is 30.3 Å². The fourth-order valence-corrected chi connectivity index (χ4v) is 5.96. The summed E-state index contributed by atoms with van der Waals surface area (Å²) in [5.74, 6) is -3.52. The number of H-pyrrole nitrogens is 1. The second-order valence-corrected chi connectivity index (χ2v) is 10.6. The number of ether oxygens (including phenoxy) is 1. The summed E-state index contributed by atoms with van der Waals surface area (Å²) < 4.78 is 78.7. The Morgan fingerprint density at radius 2 is 2.03 bits per heavy atom. The Hall–Kier alpha value is -2.44. The van der Waals surface area contributed by atoms with Crippen molar-refractivity contribution in [3.8, 4) is 5.75 Å². The van der Waals surface area contributed by atoms with Crippen molar-refractivity contribution >= 4 is 33.2 Å². The smallest absolute Gasteiger partial charge is 0.434 e. The molecule has 13 heteroatoms. The minimum absolute atomic E-state index is 0.0435. The number of benzene rings is 2. The van der Waals surface area contributed by atoms with Crippen LogP contribution < -0.4 is 15.2 Å². The van der Waals surface area contributed by atoms with Crippen LogP contribution in [0, 0.1) is 12.7 Å². The van der Waals surface area contributed by atoms with Crippen LogP contribution in [0.4, 0.5) is 4.39 Å². The van der Waals surface area contributed by atoms with Crippen LogP contribution in [0.1, 0.15) is 58.8 Å². The van der Waals surface area contributed by atoms with Crippen molar-refractivity contribution in [3.63, 3.8) is 0 Å². The molecule has 0 saturated carbocycles. The second kappa shape index (κ2) is 9.21. The molecule has 3 aromatic rings. The van der Waals surface area contributed by atoms with Gasteiger partial charge in [-0.3, -0.25) is 0 Å². The highest BCUT2D eigenvalue weighted by molar-refractivity contribution is 7.89. The van der Waals surface area contributed by atoms with Crippen LogP contribution in [0.3, 0.4) is 0 Å². The number of nitrogens with one attached hydrogen (secondary N) is 2. The summed E-state index contributed by atoms with van der Waals surface area (Å²) in [5.41, 5.74) is -2.51. The molecule has 0 radical (unpaired) electrons. The molecule has 0 saturated heterocycles. The predicted octanol–water partition coefficient (Wildman–Crippen LogP) is 3.93. The van der Waals surface area contributed by atoms with Crippen LogP contribution in [-0.2, 0) is 15.6 Å². The van der Waals surface area contributed by atoms with Gasteiger partial charge >= 0.3 is 5.76 Å². The van der Waals surface area contributed by atoms with Gasteiger partial charge in [0.1, 0.15) is 22.5 Å². The Bertz CT molecular complexity index is 1560. The maximum absolute atomic E-state index is 14.9. The van der Waals surface area contributed by atoms with Gasteiger partial charge in [-0.1, -0.05) is 30.1 Å². The molecule has 35 heavy (non-hydrogen) atoms. The van der Waals surface area contributed by atoms with E-state index >= 15 is 0 Å². The number of sulfonamides is 1. The number of aromatic amines is 1. The Labute approximate surface area is 214 Å². The summed E-state index contributed by atoms with van der Waals surface area (Å²) in [7, 11) is -4.64. The van der Waals surface area contributed by atoms with E-state index in [9.17, 15) is 22.7 Å². The average Bonchev–Trinajstić information content (AvgIpc) is 3.25. The molecule has 2 heterocycles. The lowest BCUT2D eigenvalue weighted by Gasteiger charge is -2.33. The molecule has 188 valence electrons. The zero-order chi connectivity index (χ0) is 28.2. The predicted molar refractivity (Wildman–Crippen MR) is 126 cm³/mol. The van der Waals surface area contributed by atoms with Crippen molar-refractivity contribution in [1.29, 1.82) is 0 Å². The summed E-state index contributed by atoms with van der Waals surface area (Å²) in [6.45, 7) is -0.249. The largest absolute Gasteiger partial charge is 0.492 e. The third kappa shape index (κ3) is 4.70. The Morgan fingerprint density at radius 1 is 1.31 bits per heavy atom. The summed E-state index contributed by atoms with van der Waals surface area (Å²) in [6.07, 6.45) is -0.363. The molecular formula is C22H22Cl2FN3O6S. The van der Waals surface area contributed by atoms with E-state index in [1.54, 1.807) is 6.92 Å². The minimum Gasteiger partial charge on any atom is -0.492 e. The number of hydrogen-bond acceptors (Lipinski definition) is 7. The first-order chi connectivity index (χ1) is 17.6.